The van der Waals surface area contributed by atoms with Gasteiger partial charge in [-0.2, -0.15) is 0 Å². The van der Waals surface area contributed by atoms with Crippen molar-refractivity contribution in [3.8, 4) is 0 Å². The first-order chi connectivity index (χ1) is 8.64. The van der Waals surface area contributed by atoms with Gasteiger partial charge < -0.3 is 20.7 Å². The van der Waals surface area contributed by atoms with Crippen molar-refractivity contribution < 1.29 is 14.3 Å². The van der Waals surface area contributed by atoms with Crippen molar-refractivity contribution in [2.75, 3.05) is 33.4 Å². The molecule has 2 amide bonds. The molecule has 6 nitrogen and oxygen atoms in total. The highest BCUT2D eigenvalue weighted by Gasteiger charge is 2.38. The predicted octanol–water partition coefficient (Wildman–Crippen LogP) is -0.181. The van der Waals surface area contributed by atoms with Gasteiger partial charge in [-0.1, -0.05) is 6.92 Å². The van der Waals surface area contributed by atoms with Gasteiger partial charge in [-0.3, -0.25) is 9.59 Å². The lowest BCUT2D eigenvalue weighted by Gasteiger charge is -2.26. The highest BCUT2D eigenvalue weighted by atomic mass is 35.5. The molecule has 0 aromatic heterocycles. The second-order valence-corrected chi connectivity index (χ2v) is 4.49. The summed E-state index contributed by atoms with van der Waals surface area (Å²) in [5.74, 6) is -0.269. The van der Waals surface area contributed by atoms with Crippen LogP contribution in [0.4, 0.5) is 0 Å². The zero-order valence-electron chi connectivity index (χ0n) is 11.6. The summed E-state index contributed by atoms with van der Waals surface area (Å²) in [6.45, 7) is 3.80. The number of carbonyl (C=O) groups is 2. The maximum absolute atomic E-state index is 12.1. The molecule has 1 rings (SSSR count). The van der Waals surface area contributed by atoms with Crippen LogP contribution in [0.1, 0.15) is 26.2 Å². The van der Waals surface area contributed by atoms with Crippen LogP contribution in [0.2, 0.25) is 0 Å². The molecule has 0 aliphatic carbocycles. The van der Waals surface area contributed by atoms with E-state index >= 15 is 0 Å². The second kappa shape index (κ2) is 9.12. The third kappa shape index (κ3) is 5.34. The Morgan fingerprint density at radius 3 is 2.63 bits per heavy atom. The number of amides is 2. The molecular weight excluding hydrogens is 270 g/mol. The van der Waals surface area contributed by atoms with Gasteiger partial charge in [0.25, 0.3) is 0 Å². The smallest absolute Gasteiger partial charge is 0.240 e. The number of rotatable bonds is 7. The van der Waals surface area contributed by atoms with Crippen LogP contribution in [0.3, 0.4) is 0 Å². The number of hydrogen-bond donors (Lipinski definition) is 3. The van der Waals surface area contributed by atoms with E-state index in [-0.39, 0.29) is 30.8 Å². The van der Waals surface area contributed by atoms with Gasteiger partial charge in [-0.25, -0.2) is 0 Å². The van der Waals surface area contributed by atoms with Crippen molar-refractivity contribution in [1.82, 2.24) is 16.0 Å². The van der Waals surface area contributed by atoms with Crippen LogP contribution in [0.5, 0.6) is 0 Å². The SMILES string of the molecule is CCC1(C(=O)NCC(=O)NCCOC)CCCN1.Cl. The molecule has 0 bridgehead atoms. The Kier molecular flexibility index (Phi) is 8.71. The quantitative estimate of drug-likeness (QED) is 0.569. The van der Waals surface area contributed by atoms with E-state index in [0.717, 1.165) is 25.8 Å². The van der Waals surface area contributed by atoms with Gasteiger partial charge in [0.15, 0.2) is 0 Å². The average Bonchev–Trinajstić information content (AvgIpc) is 2.86. The van der Waals surface area contributed by atoms with Crippen LogP contribution in [-0.4, -0.2) is 50.7 Å². The molecule has 0 aromatic carbocycles. The topological polar surface area (TPSA) is 79.5 Å². The Labute approximate surface area is 120 Å². The fraction of sp³-hybridized carbons (Fsp3) is 0.833. The first kappa shape index (κ1) is 18.1. The van der Waals surface area contributed by atoms with Crippen LogP contribution in [0, 0.1) is 0 Å². The predicted molar refractivity (Wildman–Crippen MR) is 75.4 cm³/mol. The first-order valence-corrected chi connectivity index (χ1v) is 6.43. The van der Waals surface area contributed by atoms with Gasteiger partial charge in [0, 0.05) is 13.7 Å². The largest absolute Gasteiger partial charge is 0.383 e. The molecule has 3 N–H and O–H groups in total. The van der Waals surface area contributed by atoms with Crippen LogP contribution in [0.25, 0.3) is 0 Å². The van der Waals surface area contributed by atoms with Gasteiger partial charge in [-0.05, 0) is 25.8 Å². The maximum Gasteiger partial charge on any atom is 0.240 e. The summed E-state index contributed by atoms with van der Waals surface area (Å²) in [6.07, 6.45) is 2.58. The summed E-state index contributed by atoms with van der Waals surface area (Å²) in [4.78, 5) is 23.5. The zero-order chi connectivity index (χ0) is 13.4. The fourth-order valence-electron chi connectivity index (χ4n) is 2.15. The lowest BCUT2D eigenvalue weighted by Crippen LogP contribution is -2.54. The normalized spacial score (nSPS) is 21.6. The number of hydrogen-bond acceptors (Lipinski definition) is 4. The summed E-state index contributed by atoms with van der Waals surface area (Å²) in [7, 11) is 1.57. The minimum absolute atomic E-state index is 0. The van der Waals surface area contributed by atoms with Gasteiger partial charge in [0.2, 0.25) is 11.8 Å². The monoisotopic (exact) mass is 293 g/mol. The van der Waals surface area contributed by atoms with E-state index in [1.54, 1.807) is 7.11 Å². The highest BCUT2D eigenvalue weighted by Crippen LogP contribution is 2.22. The van der Waals surface area contributed by atoms with Gasteiger partial charge in [0.05, 0.1) is 18.7 Å². The number of nitrogens with one attached hydrogen (secondary N) is 3. The lowest BCUT2D eigenvalue weighted by molar-refractivity contribution is -0.130. The molecule has 1 saturated heterocycles. The molecule has 7 heteroatoms. The minimum atomic E-state index is -0.479. The van der Waals surface area contributed by atoms with Crippen molar-refractivity contribution in [3.63, 3.8) is 0 Å². The van der Waals surface area contributed by atoms with Gasteiger partial charge >= 0.3 is 0 Å². The first-order valence-electron chi connectivity index (χ1n) is 6.43. The van der Waals surface area contributed by atoms with Crippen molar-refractivity contribution in [2.45, 2.75) is 31.7 Å². The molecule has 1 fully saturated rings. The van der Waals surface area contributed by atoms with E-state index in [1.807, 2.05) is 6.92 Å². The van der Waals surface area contributed by atoms with Crippen molar-refractivity contribution in [3.05, 3.63) is 0 Å². The molecule has 1 unspecified atom stereocenters. The van der Waals surface area contributed by atoms with Crippen molar-refractivity contribution in [2.24, 2.45) is 0 Å². The Balaban J connectivity index is 0.00000324. The van der Waals surface area contributed by atoms with Crippen LogP contribution in [-0.2, 0) is 14.3 Å². The molecule has 1 aliphatic heterocycles. The Bertz CT molecular complexity index is 294. The molecule has 1 aliphatic rings. The Hall–Kier alpha value is -0.850. The average molecular weight is 294 g/mol. The van der Waals surface area contributed by atoms with Crippen LogP contribution >= 0.6 is 12.4 Å². The Morgan fingerprint density at radius 1 is 1.37 bits per heavy atom. The van der Waals surface area contributed by atoms with Crippen LogP contribution in [0.15, 0.2) is 0 Å². The lowest BCUT2D eigenvalue weighted by atomic mass is 9.93. The molecule has 19 heavy (non-hydrogen) atoms. The number of carbonyl (C=O) groups excluding carboxylic acids is 2. The maximum atomic E-state index is 12.1. The standard InChI is InChI=1S/C12H23N3O3.ClH/c1-3-12(5-4-6-15-12)11(17)14-9-10(16)13-7-8-18-2;/h15H,3-9H2,1-2H3,(H,13,16)(H,14,17);1H. The molecule has 1 heterocycles. The summed E-state index contributed by atoms with van der Waals surface area (Å²) in [5, 5.41) is 8.58. The summed E-state index contributed by atoms with van der Waals surface area (Å²) in [5.41, 5.74) is -0.479. The van der Waals surface area contributed by atoms with E-state index in [1.165, 1.54) is 0 Å². The molecule has 0 aromatic rings. The highest BCUT2D eigenvalue weighted by molar-refractivity contribution is 5.90. The fourth-order valence-corrected chi connectivity index (χ4v) is 2.15. The summed E-state index contributed by atoms with van der Waals surface area (Å²) >= 11 is 0. The Morgan fingerprint density at radius 2 is 2.11 bits per heavy atom. The van der Waals surface area contributed by atoms with Gasteiger partial charge in [-0.15, -0.1) is 12.4 Å². The van der Waals surface area contributed by atoms with Gasteiger partial charge in [0.1, 0.15) is 0 Å². The van der Waals surface area contributed by atoms with Crippen molar-refractivity contribution in [1.29, 1.82) is 0 Å². The molecule has 112 valence electrons. The third-order valence-electron chi connectivity index (χ3n) is 3.32. The second-order valence-electron chi connectivity index (χ2n) is 4.49. The number of ether oxygens (including phenoxy) is 1. The minimum Gasteiger partial charge on any atom is -0.383 e. The van der Waals surface area contributed by atoms with E-state index in [0.29, 0.717) is 13.2 Å². The van der Waals surface area contributed by atoms with E-state index < -0.39 is 5.54 Å². The molecule has 0 saturated carbocycles. The summed E-state index contributed by atoms with van der Waals surface area (Å²) < 4.78 is 4.82. The van der Waals surface area contributed by atoms with Crippen LogP contribution < -0.4 is 16.0 Å². The third-order valence-corrected chi connectivity index (χ3v) is 3.32. The van der Waals surface area contributed by atoms with Crippen molar-refractivity contribution >= 4 is 24.2 Å². The number of methoxy groups -OCH3 is 1. The molecule has 0 radical (unpaired) electrons. The molecule has 1 atom stereocenters. The molecular formula is C12H24ClN3O3. The van der Waals surface area contributed by atoms with E-state index in [2.05, 4.69) is 16.0 Å². The zero-order valence-corrected chi connectivity index (χ0v) is 12.4. The summed E-state index contributed by atoms with van der Waals surface area (Å²) in [6, 6.07) is 0. The van der Waals surface area contributed by atoms with E-state index in [9.17, 15) is 9.59 Å². The number of halogens is 1. The molecule has 0 spiro atoms. The van der Waals surface area contributed by atoms with E-state index in [4.69, 9.17) is 4.74 Å².